The number of aromatic nitrogens is 2. The monoisotopic (exact) mass is 287 g/mol. The minimum Gasteiger partial charge on any atom is -0.481 e. The first-order valence-electron chi connectivity index (χ1n) is 6.15. The summed E-state index contributed by atoms with van der Waals surface area (Å²) < 4.78 is 25.9. The van der Waals surface area contributed by atoms with E-state index >= 15 is 0 Å². The molecule has 19 heavy (non-hydrogen) atoms. The zero-order valence-electron chi connectivity index (χ0n) is 10.7. The van der Waals surface area contributed by atoms with E-state index in [-0.39, 0.29) is 11.4 Å². The molecule has 0 aliphatic carbocycles. The number of carbonyl (C=O) groups is 1. The maximum Gasteiger partial charge on any atom is 0.310 e. The number of carboxylic acid groups (broad SMARTS) is 1. The van der Waals surface area contributed by atoms with Gasteiger partial charge in [-0.15, -0.1) is 0 Å². The molecule has 0 saturated carbocycles. The van der Waals surface area contributed by atoms with Gasteiger partial charge in [-0.25, -0.2) is 8.42 Å². The number of sulfonamides is 1. The van der Waals surface area contributed by atoms with Gasteiger partial charge in [-0.3, -0.25) is 9.89 Å². The average molecular weight is 287 g/mol. The van der Waals surface area contributed by atoms with Crippen LogP contribution in [0.2, 0.25) is 0 Å². The first-order chi connectivity index (χ1) is 8.92. The highest BCUT2D eigenvalue weighted by molar-refractivity contribution is 7.89. The fourth-order valence-electron chi connectivity index (χ4n) is 2.44. The Morgan fingerprint density at radius 2 is 2.37 bits per heavy atom. The van der Waals surface area contributed by atoms with Crippen LogP contribution in [0.1, 0.15) is 26.2 Å². The second-order valence-corrected chi connectivity index (χ2v) is 6.75. The van der Waals surface area contributed by atoms with Crippen molar-refractivity contribution in [3.8, 4) is 0 Å². The Balaban J connectivity index is 2.30. The number of hydrogen-bond acceptors (Lipinski definition) is 4. The molecular formula is C11H17N3O4S. The van der Waals surface area contributed by atoms with Crippen LogP contribution in [0.25, 0.3) is 0 Å². The third kappa shape index (κ3) is 2.37. The summed E-state index contributed by atoms with van der Waals surface area (Å²) in [5, 5.41) is 15.5. The van der Waals surface area contributed by atoms with Gasteiger partial charge in [0.15, 0.2) is 0 Å². The number of rotatable bonds is 4. The summed E-state index contributed by atoms with van der Waals surface area (Å²) in [5.41, 5.74) is -0.977. The summed E-state index contributed by atoms with van der Waals surface area (Å²) in [5.74, 6) is -0.929. The number of aromatic amines is 1. The normalized spacial score (nSPS) is 25.3. The number of aliphatic carboxylic acids is 1. The summed E-state index contributed by atoms with van der Waals surface area (Å²) in [6.45, 7) is 2.15. The van der Waals surface area contributed by atoms with Crippen molar-refractivity contribution in [3.05, 3.63) is 12.4 Å². The van der Waals surface area contributed by atoms with E-state index in [2.05, 4.69) is 10.2 Å². The van der Waals surface area contributed by atoms with Crippen molar-refractivity contribution >= 4 is 16.0 Å². The van der Waals surface area contributed by atoms with Crippen molar-refractivity contribution in [2.45, 2.75) is 31.1 Å². The molecule has 0 amide bonds. The van der Waals surface area contributed by atoms with Crippen molar-refractivity contribution in [1.29, 1.82) is 0 Å². The van der Waals surface area contributed by atoms with E-state index in [1.165, 1.54) is 16.7 Å². The Hall–Kier alpha value is -1.41. The van der Waals surface area contributed by atoms with Gasteiger partial charge in [0.05, 0.1) is 11.6 Å². The van der Waals surface area contributed by atoms with Gasteiger partial charge < -0.3 is 5.11 Å². The SMILES string of the molecule is CCC1(C(=O)O)CCCN(S(=O)(=O)c2cn[nH]c2)C1. The van der Waals surface area contributed by atoms with Crippen LogP contribution in [0.15, 0.2) is 17.3 Å². The molecule has 1 unspecified atom stereocenters. The van der Waals surface area contributed by atoms with Crippen molar-refractivity contribution in [2.24, 2.45) is 5.41 Å². The second kappa shape index (κ2) is 4.93. The zero-order valence-corrected chi connectivity index (χ0v) is 11.5. The summed E-state index contributed by atoms with van der Waals surface area (Å²) >= 11 is 0. The van der Waals surface area contributed by atoms with E-state index in [9.17, 15) is 18.3 Å². The maximum absolute atomic E-state index is 12.3. The molecular weight excluding hydrogens is 270 g/mol. The first-order valence-corrected chi connectivity index (χ1v) is 7.59. The lowest BCUT2D eigenvalue weighted by molar-refractivity contribution is -0.151. The summed E-state index contributed by atoms with van der Waals surface area (Å²) in [4.78, 5) is 11.5. The van der Waals surface area contributed by atoms with E-state index < -0.39 is 21.4 Å². The van der Waals surface area contributed by atoms with Gasteiger partial charge in [0, 0.05) is 19.3 Å². The highest BCUT2D eigenvalue weighted by atomic mass is 32.2. The Bertz CT molecular complexity index is 555. The maximum atomic E-state index is 12.3. The van der Waals surface area contributed by atoms with Crippen molar-refractivity contribution < 1.29 is 18.3 Å². The fourth-order valence-corrected chi connectivity index (χ4v) is 3.91. The molecule has 1 aliphatic heterocycles. The molecule has 7 nitrogen and oxygen atoms in total. The summed E-state index contributed by atoms with van der Waals surface area (Å²) in [6, 6.07) is 0. The number of hydrogen-bond donors (Lipinski definition) is 2. The molecule has 1 aliphatic rings. The minimum absolute atomic E-state index is 0.0202. The molecule has 0 radical (unpaired) electrons. The Morgan fingerprint density at radius 3 is 2.89 bits per heavy atom. The molecule has 2 N–H and O–H groups in total. The minimum atomic E-state index is -3.66. The van der Waals surface area contributed by atoms with Gasteiger partial charge in [-0.1, -0.05) is 6.92 Å². The third-order valence-electron chi connectivity index (χ3n) is 3.78. The molecule has 106 valence electrons. The molecule has 0 aromatic carbocycles. The summed E-state index contributed by atoms with van der Waals surface area (Å²) in [6.07, 6.45) is 4.02. The highest BCUT2D eigenvalue weighted by Crippen LogP contribution is 2.35. The molecule has 1 aromatic rings. The van der Waals surface area contributed by atoms with Crippen LogP contribution in [-0.4, -0.2) is 47.1 Å². The van der Waals surface area contributed by atoms with Crippen LogP contribution >= 0.6 is 0 Å². The van der Waals surface area contributed by atoms with E-state index in [1.54, 1.807) is 6.92 Å². The Morgan fingerprint density at radius 1 is 1.63 bits per heavy atom. The van der Waals surface area contributed by atoms with E-state index in [4.69, 9.17) is 0 Å². The van der Waals surface area contributed by atoms with Gasteiger partial charge in [-0.05, 0) is 19.3 Å². The molecule has 1 saturated heterocycles. The van der Waals surface area contributed by atoms with Crippen LogP contribution in [0, 0.1) is 5.41 Å². The molecule has 0 spiro atoms. The fraction of sp³-hybridized carbons (Fsp3) is 0.636. The van der Waals surface area contributed by atoms with Gasteiger partial charge >= 0.3 is 5.97 Å². The number of nitrogens with one attached hydrogen (secondary N) is 1. The molecule has 1 atom stereocenters. The lowest BCUT2D eigenvalue weighted by Gasteiger charge is -2.38. The lowest BCUT2D eigenvalue weighted by Crippen LogP contribution is -2.49. The first kappa shape index (κ1) is 14.0. The molecule has 1 aromatic heterocycles. The quantitative estimate of drug-likeness (QED) is 0.847. The van der Waals surface area contributed by atoms with Crippen LogP contribution in [-0.2, 0) is 14.8 Å². The molecule has 8 heteroatoms. The van der Waals surface area contributed by atoms with Crippen LogP contribution in [0.4, 0.5) is 0 Å². The topological polar surface area (TPSA) is 103 Å². The standard InChI is InChI=1S/C11H17N3O4S/c1-2-11(10(15)16)4-3-5-14(8-11)19(17,18)9-6-12-13-7-9/h6-7H,2-5,8H2,1H3,(H,12,13)(H,15,16). The molecule has 1 fully saturated rings. The Labute approximate surface area is 111 Å². The number of H-pyrrole nitrogens is 1. The predicted molar refractivity (Wildman–Crippen MR) is 66.9 cm³/mol. The van der Waals surface area contributed by atoms with Crippen molar-refractivity contribution in [2.75, 3.05) is 13.1 Å². The van der Waals surface area contributed by atoms with Crippen molar-refractivity contribution in [3.63, 3.8) is 0 Å². The van der Waals surface area contributed by atoms with E-state index in [0.717, 1.165) is 0 Å². The van der Waals surface area contributed by atoms with Crippen LogP contribution < -0.4 is 0 Å². The van der Waals surface area contributed by atoms with Crippen LogP contribution in [0.5, 0.6) is 0 Å². The number of piperidine rings is 1. The molecule has 2 rings (SSSR count). The number of nitrogens with zero attached hydrogens (tertiary/aromatic N) is 2. The van der Waals surface area contributed by atoms with Crippen molar-refractivity contribution in [1.82, 2.24) is 14.5 Å². The second-order valence-electron chi connectivity index (χ2n) is 4.82. The van der Waals surface area contributed by atoms with E-state index in [0.29, 0.717) is 25.8 Å². The zero-order chi connectivity index (χ0) is 14.1. The lowest BCUT2D eigenvalue weighted by atomic mass is 9.78. The predicted octanol–water partition coefficient (Wildman–Crippen LogP) is 0.675. The molecule has 0 bridgehead atoms. The molecule has 2 heterocycles. The van der Waals surface area contributed by atoms with Gasteiger partial charge in [0.25, 0.3) is 0 Å². The van der Waals surface area contributed by atoms with E-state index in [1.807, 2.05) is 0 Å². The van der Waals surface area contributed by atoms with Crippen LogP contribution in [0.3, 0.4) is 0 Å². The van der Waals surface area contributed by atoms with Gasteiger partial charge in [0.1, 0.15) is 4.90 Å². The third-order valence-corrected chi connectivity index (χ3v) is 5.59. The Kier molecular flexibility index (Phi) is 3.64. The summed E-state index contributed by atoms with van der Waals surface area (Å²) in [7, 11) is -3.66. The highest BCUT2D eigenvalue weighted by Gasteiger charge is 2.44. The smallest absolute Gasteiger partial charge is 0.310 e. The average Bonchev–Trinajstić information content (AvgIpc) is 2.93. The number of carboxylic acids is 1. The van der Waals surface area contributed by atoms with Gasteiger partial charge in [0.2, 0.25) is 10.0 Å². The van der Waals surface area contributed by atoms with Gasteiger partial charge in [-0.2, -0.15) is 9.40 Å². The largest absolute Gasteiger partial charge is 0.481 e.